The van der Waals surface area contributed by atoms with Crippen LogP contribution in [-0.2, 0) is 9.59 Å². The van der Waals surface area contributed by atoms with Crippen LogP contribution in [-0.4, -0.2) is 57.3 Å². The molecular weight excluding hydrogens is 411 g/mol. The number of carbonyl (C=O) groups excluding carboxylic acids is 2. The predicted octanol–water partition coefficient (Wildman–Crippen LogP) is 3.07. The minimum Gasteiger partial charge on any atom is -0.333 e. The first kappa shape index (κ1) is 21.1. The lowest BCUT2D eigenvalue weighted by Crippen LogP contribution is -2.38. The first-order valence-electron chi connectivity index (χ1n) is 9.01. The number of likely N-dealkylation sites (tertiary alicyclic amines) is 1. The van der Waals surface area contributed by atoms with Gasteiger partial charge in [0.2, 0.25) is 11.8 Å². The smallest absolute Gasteiger partial charge is 0.333 e. The van der Waals surface area contributed by atoms with Crippen molar-refractivity contribution in [3.63, 3.8) is 0 Å². The first-order valence-corrected chi connectivity index (χ1v) is 9.39. The summed E-state index contributed by atoms with van der Waals surface area (Å²) in [5.74, 6) is -1.82. The van der Waals surface area contributed by atoms with E-state index >= 15 is 0 Å². The van der Waals surface area contributed by atoms with Crippen LogP contribution in [0.2, 0.25) is 5.15 Å². The van der Waals surface area contributed by atoms with Crippen molar-refractivity contribution in [2.75, 3.05) is 24.5 Å². The zero-order chi connectivity index (χ0) is 21.2. The first-order chi connectivity index (χ1) is 13.7. The molecule has 29 heavy (non-hydrogen) atoms. The van der Waals surface area contributed by atoms with E-state index < -0.39 is 30.5 Å². The number of halogens is 4. The van der Waals surface area contributed by atoms with E-state index in [1.807, 2.05) is 0 Å². The van der Waals surface area contributed by atoms with E-state index in [0.29, 0.717) is 11.4 Å². The lowest BCUT2D eigenvalue weighted by Gasteiger charge is -2.22. The third-order valence-corrected chi connectivity index (χ3v) is 4.94. The molecule has 3 rings (SSSR count). The van der Waals surface area contributed by atoms with Gasteiger partial charge in [0, 0.05) is 31.6 Å². The number of hydrogen-bond acceptors (Lipinski definition) is 4. The van der Waals surface area contributed by atoms with Crippen LogP contribution < -0.4 is 4.90 Å². The monoisotopic (exact) mass is 429 g/mol. The van der Waals surface area contributed by atoms with E-state index in [1.165, 1.54) is 9.58 Å². The van der Waals surface area contributed by atoms with Gasteiger partial charge in [0.1, 0.15) is 12.2 Å². The van der Waals surface area contributed by atoms with Crippen molar-refractivity contribution >= 4 is 29.1 Å². The molecule has 1 aliphatic heterocycles. The lowest BCUT2D eigenvalue weighted by molar-refractivity contribution is -0.158. The molecule has 1 aliphatic rings. The zero-order valence-corrected chi connectivity index (χ0v) is 16.3. The van der Waals surface area contributed by atoms with E-state index in [4.69, 9.17) is 11.6 Å². The Morgan fingerprint density at radius 2 is 2.17 bits per heavy atom. The highest BCUT2D eigenvalue weighted by Crippen LogP contribution is 2.30. The number of hydrogen-bond donors (Lipinski definition) is 0. The molecule has 11 heteroatoms. The summed E-state index contributed by atoms with van der Waals surface area (Å²) in [4.78, 5) is 31.2. The normalized spacial score (nSPS) is 17.1. The second kappa shape index (κ2) is 8.40. The molecule has 0 radical (unpaired) electrons. The van der Waals surface area contributed by atoms with Crippen molar-refractivity contribution in [3.05, 3.63) is 35.9 Å². The van der Waals surface area contributed by atoms with Crippen molar-refractivity contribution in [2.45, 2.75) is 25.9 Å². The summed E-state index contributed by atoms with van der Waals surface area (Å²) in [6, 6.07) is 3.50. The van der Waals surface area contributed by atoms with E-state index in [2.05, 4.69) is 10.1 Å². The van der Waals surface area contributed by atoms with Gasteiger partial charge in [0.05, 0.1) is 18.1 Å². The second-order valence-corrected chi connectivity index (χ2v) is 7.02. The number of pyridine rings is 1. The van der Waals surface area contributed by atoms with E-state index in [1.54, 1.807) is 37.6 Å². The molecule has 0 saturated carbocycles. The van der Waals surface area contributed by atoms with Crippen LogP contribution in [0.1, 0.15) is 19.8 Å². The van der Waals surface area contributed by atoms with Crippen LogP contribution in [0.15, 0.2) is 30.7 Å². The number of aromatic nitrogens is 3. The summed E-state index contributed by atoms with van der Waals surface area (Å²) in [5.41, 5.74) is 1.01. The van der Waals surface area contributed by atoms with Gasteiger partial charge < -0.3 is 9.80 Å². The van der Waals surface area contributed by atoms with E-state index in [0.717, 1.165) is 4.90 Å². The SMILES string of the molecule is CCN(C(=O)CC1CCN(CC(F)(F)F)C1=O)c1cn(-c2cccnc2)nc1Cl. The minimum absolute atomic E-state index is 0.0118. The van der Waals surface area contributed by atoms with Crippen LogP contribution in [0.25, 0.3) is 5.69 Å². The minimum atomic E-state index is -4.46. The Balaban J connectivity index is 1.72. The molecule has 2 aromatic rings. The number of nitrogens with zero attached hydrogens (tertiary/aromatic N) is 5. The van der Waals surface area contributed by atoms with Crippen molar-refractivity contribution in [1.29, 1.82) is 0 Å². The van der Waals surface area contributed by atoms with Gasteiger partial charge >= 0.3 is 6.18 Å². The van der Waals surface area contributed by atoms with Crippen LogP contribution in [0.4, 0.5) is 18.9 Å². The molecule has 1 fully saturated rings. The average molecular weight is 430 g/mol. The van der Waals surface area contributed by atoms with E-state index in [9.17, 15) is 22.8 Å². The lowest BCUT2D eigenvalue weighted by atomic mass is 10.0. The maximum absolute atomic E-state index is 12.8. The summed E-state index contributed by atoms with van der Waals surface area (Å²) in [5, 5.41) is 4.28. The molecule has 0 aliphatic carbocycles. The maximum atomic E-state index is 12.8. The topological polar surface area (TPSA) is 71.3 Å². The highest BCUT2D eigenvalue weighted by atomic mass is 35.5. The van der Waals surface area contributed by atoms with Gasteiger partial charge in [-0.3, -0.25) is 14.6 Å². The number of carbonyl (C=O) groups is 2. The molecule has 2 amide bonds. The number of amides is 2. The zero-order valence-electron chi connectivity index (χ0n) is 15.6. The molecule has 0 spiro atoms. The standard InChI is InChI=1S/C18H19ClF3N5O2/c1-2-26(14-10-27(24-16(14)19)13-4-3-6-23-9-13)15(28)8-12-5-7-25(17(12)29)11-18(20,21)22/h3-4,6,9-10,12H,2,5,7-8,11H2,1H3. The summed E-state index contributed by atoms with van der Waals surface area (Å²) in [6.07, 6.45) is 0.331. The molecule has 0 N–H and O–H groups in total. The van der Waals surface area contributed by atoms with Crippen LogP contribution >= 0.6 is 11.6 Å². The van der Waals surface area contributed by atoms with Gasteiger partial charge in [-0.1, -0.05) is 11.6 Å². The average Bonchev–Trinajstić information content (AvgIpc) is 3.20. The Bertz CT molecular complexity index is 887. The fraction of sp³-hybridized carbons (Fsp3) is 0.444. The van der Waals surface area contributed by atoms with Gasteiger partial charge in [-0.2, -0.15) is 18.3 Å². The second-order valence-electron chi connectivity index (χ2n) is 6.66. The summed E-state index contributed by atoms with van der Waals surface area (Å²) >= 11 is 6.21. The van der Waals surface area contributed by atoms with Crippen LogP contribution in [0.5, 0.6) is 0 Å². The molecule has 3 heterocycles. The van der Waals surface area contributed by atoms with Gasteiger partial charge in [-0.05, 0) is 25.5 Å². The van der Waals surface area contributed by atoms with Gasteiger partial charge in [0.15, 0.2) is 5.15 Å². The number of rotatable bonds is 6. The summed E-state index contributed by atoms with van der Waals surface area (Å²) < 4.78 is 39.2. The van der Waals surface area contributed by atoms with E-state index in [-0.39, 0.29) is 31.1 Å². The Labute approximate surface area is 170 Å². The molecule has 7 nitrogen and oxygen atoms in total. The molecular formula is C18H19ClF3N5O2. The highest BCUT2D eigenvalue weighted by molar-refractivity contribution is 6.32. The van der Waals surface area contributed by atoms with Crippen molar-refractivity contribution in [2.24, 2.45) is 5.92 Å². The molecule has 2 aromatic heterocycles. The molecule has 1 saturated heterocycles. The largest absolute Gasteiger partial charge is 0.406 e. The van der Waals surface area contributed by atoms with Crippen molar-refractivity contribution in [3.8, 4) is 5.69 Å². The quantitative estimate of drug-likeness (QED) is 0.707. The third kappa shape index (κ3) is 4.87. The predicted molar refractivity (Wildman–Crippen MR) is 99.8 cm³/mol. The Kier molecular flexibility index (Phi) is 6.11. The Hall–Kier alpha value is -2.62. The van der Waals surface area contributed by atoms with Crippen LogP contribution in [0.3, 0.4) is 0 Å². The Morgan fingerprint density at radius 1 is 1.41 bits per heavy atom. The van der Waals surface area contributed by atoms with Crippen LogP contribution in [0, 0.1) is 5.92 Å². The fourth-order valence-electron chi connectivity index (χ4n) is 3.31. The molecule has 1 unspecified atom stereocenters. The van der Waals surface area contributed by atoms with Gasteiger partial charge in [0.25, 0.3) is 0 Å². The third-order valence-electron chi connectivity index (χ3n) is 4.67. The highest BCUT2D eigenvalue weighted by Gasteiger charge is 2.40. The summed E-state index contributed by atoms with van der Waals surface area (Å²) in [7, 11) is 0. The Morgan fingerprint density at radius 3 is 2.79 bits per heavy atom. The molecule has 0 aromatic carbocycles. The van der Waals surface area contributed by atoms with Crippen molar-refractivity contribution in [1.82, 2.24) is 19.7 Å². The molecule has 156 valence electrons. The van der Waals surface area contributed by atoms with Crippen molar-refractivity contribution < 1.29 is 22.8 Å². The number of alkyl halides is 3. The maximum Gasteiger partial charge on any atom is 0.406 e. The number of anilines is 1. The molecule has 0 bridgehead atoms. The van der Waals surface area contributed by atoms with Gasteiger partial charge in [-0.25, -0.2) is 4.68 Å². The fourth-order valence-corrected chi connectivity index (χ4v) is 3.55. The molecule has 1 atom stereocenters. The summed E-state index contributed by atoms with van der Waals surface area (Å²) in [6.45, 7) is 0.701. The van der Waals surface area contributed by atoms with Gasteiger partial charge in [-0.15, -0.1) is 0 Å².